The van der Waals surface area contributed by atoms with Crippen LogP contribution in [0.3, 0.4) is 0 Å². The first kappa shape index (κ1) is 19.2. The van der Waals surface area contributed by atoms with Crippen molar-refractivity contribution < 1.29 is 9.53 Å². The molecule has 2 unspecified atom stereocenters. The van der Waals surface area contributed by atoms with Crippen LogP contribution >= 0.6 is 0 Å². The Labute approximate surface area is 176 Å². The zero-order valence-electron chi connectivity index (χ0n) is 17.6. The summed E-state index contributed by atoms with van der Waals surface area (Å²) < 4.78 is 5.46. The highest BCUT2D eigenvalue weighted by atomic mass is 16.5. The summed E-state index contributed by atoms with van der Waals surface area (Å²) in [6, 6.07) is 6.28. The number of hydrogen-bond donors (Lipinski definition) is 0. The Morgan fingerprint density at radius 2 is 1.73 bits per heavy atom. The second kappa shape index (κ2) is 7.83. The SMILES string of the molecule is Cc1cc(C)nc(N2C3CCC2CN(C(=O)c2cccnc2N2CCOCC2)C3)n1. The van der Waals surface area contributed by atoms with Gasteiger partial charge in [-0.05, 0) is 44.9 Å². The maximum absolute atomic E-state index is 13.5. The van der Waals surface area contributed by atoms with E-state index in [2.05, 4.69) is 24.8 Å². The highest BCUT2D eigenvalue weighted by molar-refractivity contribution is 5.99. The van der Waals surface area contributed by atoms with Crippen molar-refractivity contribution in [2.45, 2.75) is 38.8 Å². The summed E-state index contributed by atoms with van der Waals surface area (Å²) >= 11 is 0. The van der Waals surface area contributed by atoms with Gasteiger partial charge in [-0.1, -0.05) is 0 Å². The second-order valence-electron chi connectivity index (χ2n) is 8.43. The normalized spacial score (nSPS) is 23.7. The van der Waals surface area contributed by atoms with Gasteiger partial charge in [0.25, 0.3) is 5.91 Å². The lowest BCUT2D eigenvalue weighted by Gasteiger charge is -2.41. The summed E-state index contributed by atoms with van der Waals surface area (Å²) in [5.74, 6) is 1.66. The number of ether oxygens (including phenoxy) is 1. The van der Waals surface area contributed by atoms with E-state index in [0.29, 0.717) is 31.9 Å². The van der Waals surface area contributed by atoms with Gasteiger partial charge in [-0.25, -0.2) is 15.0 Å². The van der Waals surface area contributed by atoms with E-state index in [0.717, 1.165) is 49.1 Å². The lowest BCUT2D eigenvalue weighted by atomic mass is 10.1. The van der Waals surface area contributed by atoms with E-state index in [1.54, 1.807) is 6.20 Å². The van der Waals surface area contributed by atoms with Gasteiger partial charge in [-0.15, -0.1) is 0 Å². The Kier molecular flexibility index (Phi) is 5.02. The van der Waals surface area contributed by atoms with Gasteiger partial charge >= 0.3 is 0 Å². The smallest absolute Gasteiger partial charge is 0.257 e. The zero-order chi connectivity index (χ0) is 20.7. The number of piperazine rings is 1. The fraction of sp³-hybridized carbons (Fsp3) is 0.545. The Balaban J connectivity index is 1.37. The van der Waals surface area contributed by atoms with Crippen molar-refractivity contribution in [2.75, 3.05) is 49.2 Å². The van der Waals surface area contributed by atoms with Gasteiger partial charge in [0.2, 0.25) is 5.95 Å². The summed E-state index contributed by atoms with van der Waals surface area (Å²) in [6.45, 7) is 8.28. The topological polar surface area (TPSA) is 74.7 Å². The van der Waals surface area contributed by atoms with Crippen LogP contribution in [0, 0.1) is 13.8 Å². The second-order valence-corrected chi connectivity index (χ2v) is 8.43. The average Bonchev–Trinajstić information content (AvgIpc) is 3.02. The van der Waals surface area contributed by atoms with Gasteiger partial charge in [0.1, 0.15) is 5.82 Å². The standard InChI is InChI=1S/C22H28N6O2/c1-15-12-16(2)25-22(24-15)28-17-5-6-18(28)14-27(13-17)21(29)19-4-3-7-23-20(19)26-8-10-30-11-9-26/h3-4,7,12,17-18H,5-6,8-11,13-14H2,1-2H3. The molecule has 2 bridgehead atoms. The lowest BCUT2D eigenvalue weighted by Crippen LogP contribution is -2.56. The fourth-order valence-electron chi connectivity index (χ4n) is 4.98. The minimum atomic E-state index is 0.0717. The predicted octanol–water partition coefficient (Wildman–Crippen LogP) is 1.82. The molecule has 0 radical (unpaired) electrons. The van der Waals surface area contributed by atoms with Crippen molar-refractivity contribution in [1.29, 1.82) is 0 Å². The van der Waals surface area contributed by atoms with Gasteiger partial charge in [-0.3, -0.25) is 4.79 Å². The van der Waals surface area contributed by atoms with E-state index in [-0.39, 0.29) is 18.0 Å². The maximum Gasteiger partial charge on any atom is 0.257 e. The number of rotatable bonds is 3. The van der Waals surface area contributed by atoms with E-state index in [1.807, 2.05) is 36.9 Å². The van der Waals surface area contributed by atoms with Crippen LogP contribution in [0.5, 0.6) is 0 Å². The van der Waals surface area contributed by atoms with E-state index in [9.17, 15) is 4.79 Å². The van der Waals surface area contributed by atoms with Crippen molar-refractivity contribution in [3.63, 3.8) is 0 Å². The highest BCUT2D eigenvalue weighted by Crippen LogP contribution is 2.34. The Hall–Kier alpha value is -2.74. The van der Waals surface area contributed by atoms with Gasteiger partial charge in [0.05, 0.1) is 18.8 Å². The van der Waals surface area contributed by atoms with Gasteiger partial charge in [0.15, 0.2) is 0 Å². The summed E-state index contributed by atoms with van der Waals surface area (Å²) in [4.78, 5) is 33.9. The van der Waals surface area contributed by atoms with E-state index in [4.69, 9.17) is 4.74 Å². The molecule has 0 saturated carbocycles. The number of likely N-dealkylation sites (tertiary alicyclic amines) is 1. The molecule has 0 aliphatic carbocycles. The summed E-state index contributed by atoms with van der Waals surface area (Å²) in [5, 5.41) is 0. The molecule has 8 heteroatoms. The van der Waals surface area contributed by atoms with Crippen LogP contribution in [-0.4, -0.2) is 77.2 Å². The quantitative estimate of drug-likeness (QED) is 0.767. The van der Waals surface area contributed by atoms with Crippen molar-refractivity contribution in [1.82, 2.24) is 19.9 Å². The van der Waals surface area contributed by atoms with Crippen LogP contribution in [-0.2, 0) is 4.74 Å². The van der Waals surface area contributed by atoms with Gasteiger partial charge in [-0.2, -0.15) is 0 Å². The minimum absolute atomic E-state index is 0.0717. The molecule has 158 valence electrons. The van der Waals surface area contributed by atoms with Crippen LogP contribution < -0.4 is 9.80 Å². The van der Waals surface area contributed by atoms with Gasteiger partial charge in [0, 0.05) is 55.8 Å². The monoisotopic (exact) mass is 408 g/mol. The number of fused-ring (bicyclic) bond motifs is 2. The van der Waals surface area contributed by atoms with Crippen LogP contribution in [0.25, 0.3) is 0 Å². The van der Waals surface area contributed by atoms with Crippen molar-refractivity contribution >= 4 is 17.7 Å². The van der Waals surface area contributed by atoms with Crippen molar-refractivity contribution in [2.24, 2.45) is 0 Å². The molecule has 5 rings (SSSR count). The number of hydrogen-bond acceptors (Lipinski definition) is 7. The Morgan fingerprint density at radius 3 is 2.40 bits per heavy atom. The van der Waals surface area contributed by atoms with E-state index in [1.165, 1.54) is 0 Å². The molecule has 0 spiro atoms. The third kappa shape index (κ3) is 3.49. The van der Waals surface area contributed by atoms with Crippen molar-refractivity contribution in [3.8, 4) is 0 Å². The molecule has 3 fully saturated rings. The van der Waals surface area contributed by atoms with Crippen LogP contribution in [0.1, 0.15) is 34.6 Å². The van der Waals surface area contributed by atoms with Crippen LogP contribution in [0.15, 0.2) is 24.4 Å². The van der Waals surface area contributed by atoms with Crippen molar-refractivity contribution in [3.05, 3.63) is 41.3 Å². The van der Waals surface area contributed by atoms with E-state index >= 15 is 0 Å². The predicted molar refractivity (Wildman–Crippen MR) is 114 cm³/mol. The molecule has 30 heavy (non-hydrogen) atoms. The number of carbonyl (C=O) groups is 1. The number of nitrogens with zero attached hydrogens (tertiary/aromatic N) is 6. The highest BCUT2D eigenvalue weighted by Gasteiger charge is 2.43. The molecule has 3 aliphatic rings. The Bertz CT molecular complexity index is 911. The fourth-order valence-corrected chi connectivity index (χ4v) is 4.98. The lowest BCUT2D eigenvalue weighted by molar-refractivity contribution is 0.0716. The molecule has 3 aliphatic heterocycles. The molecular formula is C22H28N6O2. The third-order valence-electron chi connectivity index (χ3n) is 6.30. The summed E-state index contributed by atoms with van der Waals surface area (Å²) in [6.07, 6.45) is 3.89. The first-order valence-electron chi connectivity index (χ1n) is 10.8. The summed E-state index contributed by atoms with van der Waals surface area (Å²) in [7, 11) is 0. The number of aryl methyl sites for hydroxylation is 2. The molecule has 5 heterocycles. The molecule has 8 nitrogen and oxygen atoms in total. The Morgan fingerprint density at radius 1 is 1.07 bits per heavy atom. The van der Waals surface area contributed by atoms with E-state index < -0.39 is 0 Å². The molecular weight excluding hydrogens is 380 g/mol. The number of amides is 1. The average molecular weight is 409 g/mol. The minimum Gasteiger partial charge on any atom is -0.378 e. The molecule has 0 N–H and O–H groups in total. The third-order valence-corrected chi connectivity index (χ3v) is 6.30. The van der Waals surface area contributed by atoms with Crippen LogP contribution in [0.2, 0.25) is 0 Å². The molecule has 2 aromatic rings. The molecule has 3 saturated heterocycles. The largest absolute Gasteiger partial charge is 0.378 e. The summed E-state index contributed by atoms with van der Waals surface area (Å²) in [5.41, 5.74) is 2.66. The van der Waals surface area contributed by atoms with Gasteiger partial charge < -0.3 is 19.4 Å². The molecule has 0 aromatic carbocycles. The maximum atomic E-state index is 13.5. The molecule has 2 atom stereocenters. The number of morpholine rings is 1. The first-order chi connectivity index (χ1) is 14.6. The van der Waals surface area contributed by atoms with Crippen LogP contribution in [0.4, 0.5) is 11.8 Å². The molecule has 2 aromatic heterocycles. The number of carbonyl (C=O) groups excluding carboxylic acids is 1. The first-order valence-corrected chi connectivity index (χ1v) is 10.8. The molecule has 1 amide bonds. The number of aromatic nitrogens is 3. The number of pyridine rings is 1. The zero-order valence-corrected chi connectivity index (χ0v) is 17.6. The number of anilines is 2.